The van der Waals surface area contributed by atoms with Crippen molar-refractivity contribution < 1.29 is 10.0 Å². The van der Waals surface area contributed by atoms with E-state index in [-0.39, 0.29) is 18.2 Å². The molecule has 1 aromatic carbocycles. The first-order valence-electron chi connectivity index (χ1n) is 6.06. The summed E-state index contributed by atoms with van der Waals surface area (Å²) in [5.74, 6) is -0.0582. The number of aryl methyl sites for hydroxylation is 1. The molecule has 2 rings (SSSR count). The molecule has 0 aliphatic heterocycles. The van der Waals surface area contributed by atoms with Gasteiger partial charge in [0.2, 0.25) is 5.91 Å². The summed E-state index contributed by atoms with van der Waals surface area (Å²) in [5.41, 5.74) is 6.59. The number of rotatable bonds is 4. The molecule has 0 saturated carbocycles. The monoisotopic (exact) mass is 307 g/mol. The zero-order valence-corrected chi connectivity index (χ0v) is 12.0. The van der Waals surface area contributed by atoms with Crippen LogP contribution in [0.1, 0.15) is 11.1 Å². The summed E-state index contributed by atoms with van der Waals surface area (Å²) < 4.78 is 1.43. The second-order valence-electron chi connectivity index (χ2n) is 4.33. The first kappa shape index (κ1) is 14.9. The topological polar surface area (TPSA) is 106 Å². The van der Waals surface area contributed by atoms with E-state index in [1.54, 1.807) is 31.3 Å². The molecule has 0 atom stereocenters. The van der Waals surface area contributed by atoms with Crippen molar-refractivity contribution in [1.82, 2.24) is 9.78 Å². The average Bonchev–Trinajstić information content (AvgIpc) is 2.82. The van der Waals surface area contributed by atoms with Crippen molar-refractivity contribution in [2.45, 2.75) is 6.42 Å². The number of amides is 1. The summed E-state index contributed by atoms with van der Waals surface area (Å²) in [5, 5.41) is 18.8. The van der Waals surface area contributed by atoms with Gasteiger partial charge in [-0.25, -0.2) is 0 Å². The molecule has 0 aliphatic carbocycles. The molecule has 0 spiro atoms. The smallest absolute Gasteiger partial charge is 0.230 e. The lowest BCUT2D eigenvalue weighted by Gasteiger charge is -2.08. The predicted molar refractivity (Wildman–Crippen MR) is 79.5 cm³/mol. The van der Waals surface area contributed by atoms with Crippen LogP contribution >= 0.6 is 11.6 Å². The minimum Gasteiger partial charge on any atom is -0.409 e. The Morgan fingerprint density at radius 1 is 1.52 bits per heavy atom. The average molecular weight is 308 g/mol. The molecule has 110 valence electrons. The first-order valence-corrected chi connectivity index (χ1v) is 6.44. The molecule has 0 saturated heterocycles. The molecule has 0 bridgehead atoms. The van der Waals surface area contributed by atoms with Crippen molar-refractivity contribution >= 4 is 29.2 Å². The van der Waals surface area contributed by atoms with Crippen LogP contribution in [0.3, 0.4) is 0 Å². The Morgan fingerprint density at radius 2 is 2.24 bits per heavy atom. The van der Waals surface area contributed by atoms with Gasteiger partial charge in [-0.3, -0.25) is 9.48 Å². The normalized spacial score (nSPS) is 11.4. The van der Waals surface area contributed by atoms with E-state index >= 15 is 0 Å². The Bertz CT molecular complexity index is 696. The van der Waals surface area contributed by atoms with Crippen LogP contribution in [0.15, 0.2) is 35.6 Å². The molecule has 0 unspecified atom stereocenters. The molecular formula is C13H14ClN5O2. The van der Waals surface area contributed by atoms with Crippen LogP contribution in [0.4, 0.5) is 5.82 Å². The fraction of sp³-hybridized carbons (Fsp3) is 0.154. The molecule has 1 aromatic heterocycles. The molecule has 4 N–H and O–H groups in total. The van der Waals surface area contributed by atoms with Gasteiger partial charge in [0, 0.05) is 12.1 Å². The predicted octanol–water partition coefficient (Wildman–Crippen LogP) is 1.35. The molecule has 0 fully saturated rings. The van der Waals surface area contributed by atoms with E-state index in [2.05, 4.69) is 15.6 Å². The van der Waals surface area contributed by atoms with Gasteiger partial charge in [0.25, 0.3) is 0 Å². The highest BCUT2D eigenvalue weighted by molar-refractivity contribution is 6.31. The third-order valence-electron chi connectivity index (χ3n) is 2.89. The quantitative estimate of drug-likeness (QED) is 0.343. The van der Waals surface area contributed by atoms with Gasteiger partial charge < -0.3 is 16.3 Å². The van der Waals surface area contributed by atoms with Gasteiger partial charge in [0.15, 0.2) is 5.84 Å². The van der Waals surface area contributed by atoms with Crippen molar-refractivity contribution in [3.05, 3.63) is 46.6 Å². The second-order valence-corrected chi connectivity index (χ2v) is 4.74. The fourth-order valence-electron chi connectivity index (χ4n) is 1.82. The number of hydrogen-bond acceptors (Lipinski definition) is 4. The lowest BCUT2D eigenvalue weighted by atomic mass is 10.1. The summed E-state index contributed by atoms with van der Waals surface area (Å²) in [6.07, 6.45) is 1.51. The molecule has 7 nitrogen and oxygen atoms in total. The van der Waals surface area contributed by atoms with E-state index < -0.39 is 0 Å². The van der Waals surface area contributed by atoms with Crippen molar-refractivity contribution in [3.8, 4) is 0 Å². The molecule has 1 amide bonds. The second kappa shape index (κ2) is 6.27. The highest BCUT2D eigenvalue weighted by atomic mass is 35.5. The van der Waals surface area contributed by atoms with Gasteiger partial charge in [0.1, 0.15) is 5.82 Å². The fourth-order valence-corrected chi connectivity index (χ4v) is 2.02. The zero-order valence-electron chi connectivity index (χ0n) is 11.2. The van der Waals surface area contributed by atoms with Crippen LogP contribution in [-0.4, -0.2) is 26.7 Å². The standard InChI is InChI=1S/C13H14ClN5O2/c1-19-13(9(7-16-19)12(15)18-21)17-11(20)6-8-4-2-3-5-10(8)14/h2-5,7,21H,6H2,1H3,(H2,15,18)(H,17,20). The van der Waals surface area contributed by atoms with Crippen molar-refractivity contribution in [2.75, 3.05) is 5.32 Å². The van der Waals surface area contributed by atoms with Gasteiger partial charge in [-0.05, 0) is 11.6 Å². The van der Waals surface area contributed by atoms with Crippen molar-refractivity contribution in [3.63, 3.8) is 0 Å². The number of anilines is 1. The highest BCUT2D eigenvalue weighted by Crippen LogP contribution is 2.18. The number of nitrogens with two attached hydrogens (primary N) is 1. The number of nitrogens with zero attached hydrogens (tertiary/aromatic N) is 3. The number of carbonyl (C=O) groups is 1. The van der Waals surface area contributed by atoms with Crippen molar-refractivity contribution in [1.29, 1.82) is 0 Å². The van der Waals surface area contributed by atoms with E-state index in [0.717, 1.165) is 0 Å². The molecule has 0 radical (unpaired) electrons. The third-order valence-corrected chi connectivity index (χ3v) is 3.26. The number of benzene rings is 1. The van der Waals surface area contributed by atoms with Crippen LogP contribution in [0.5, 0.6) is 0 Å². The van der Waals surface area contributed by atoms with Gasteiger partial charge >= 0.3 is 0 Å². The Morgan fingerprint density at radius 3 is 2.90 bits per heavy atom. The molecule has 0 aliphatic rings. The number of oxime groups is 1. The number of aromatic nitrogens is 2. The lowest BCUT2D eigenvalue weighted by molar-refractivity contribution is -0.115. The summed E-state index contributed by atoms with van der Waals surface area (Å²) in [7, 11) is 1.64. The van der Waals surface area contributed by atoms with Crippen LogP contribution < -0.4 is 11.1 Å². The van der Waals surface area contributed by atoms with Crippen LogP contribution in [-0.2, 0) is 18.3 Å². The maximum Gasteiger partial charge on any atom is 0.230 e. The Labute approximate surface area is 126 Å². The van der Waals surface area contributed by atoms with Gasteiger partial charge in [0.05, 0.1) is 18.2 Å². The minimum absolute atomic E-state index is 0.112. The van der Waals surface area contributed by atoms with E-state index in [1.165, 1.54) is 10.9 Å². The summed E-state index contributed by atoms with van der Waals surface area (Å²) in [6, 6.07) is 7.09. The Kier molecular flexibility index (Phi) is 4.44. The Hall–Kier alpha value is -2.54. The molecule has 8 heteroatoms. The van der Waals surface area contributed by atoms with Crippen LogP contribution in [0, 0.1) is 0 Å². The number of amidine groups is 1. The lowest BCUT2D eigenvalue weighted by Crippen LogP contribution is -2.21. The van der Waals surface area contributed by atoms with Gasteiger partial charge in [-0.15, -0.1) is 0 Å². The number of hydrogen-bond donors (Lipinski definition) is 3. The van der Waals surface area contributed by atoms with Gasteiger partial charge in [-0.1, -0.05) is 35.0 Å². The Balaban J connectivity index is 2.17. The van der Waals surface area contributed by atoms with E-state index in [0.29, 0.717) is 22.0 Å². The maximum absolute atomic E-state index is 12.1. The van der Waals surface area contributed by atoms with E-state index in [4.69, 9.17) is 22.5 Å². The SMILES string of the molecule is Cn1ncc(C(N)=NO)c1NC(=O)Cc1ccccc1Cl. The van der Waals surface area contributed by atoms with Gasteiger partial charge in [-0.2, -0.15) is 5.10 Å². The van der Waals surface area contributed by atoms with E-state index in [9.17, 15) is 4.79 Å². The van der Waals surface area contributed by atoms with Crippen LogP contribution in [0.25, 0.3) is 0 Å². The largest absolute Gasteiger partial charge is 0.409 e. The minimum atomic E-state index is -0.279. The summed E-state index contributed by atoms with van der Waals surface area (Å²) in [6.45, 7) is 0. The summed E-state index contributed by atoms with van der Waals surface area (Å²) in [4.78, 5) is 12.1. The van der Waals surface area contributed by atoms with Crippen molar-refractivity contribution in [2.24, 2.45) is 17.9 Å². The highest BCUT2D eigenvalue weighted by Gasteiger charge is 2.16. The maximum atomic E-state index is 12.1. The molecule has 1 heterocycles. The number of halogens is 1. The van der Waals surface area contributed by atoms with E-state index in [1.807, 2.05) is 0 Å². The summed E-state index contributed by atoms with van der Waals surface area (Å²) >= 11 is 6.02. The molecular weight excluding hydrogens is 294 g/mol. The van der Waals surface area contributed by atoms with Crippen LogP contribution in [0.2, 0.25) is 5.02 Å². The third kappa shape index (κ3) is 3.32. The molecule has 21 heavy (non-hydrogen) atoms. The first-order chi connectivity index (χ1) is 10.0. The number of nitrogens with one attached hydrogen (secondary N) is 1. The number of carbonyl (C=O) groups excluding carboxylic acids is 1. The zero-order chi connectivity index (χ0) is 15.4. The molecule has 2 aromatic rings.